The lowest BCUT2D eigenvalue weighted by Gasteiger charge is -2.40. The Bertz CT molecular complexity index is 1000. The highest BCUT2D eigenvalue weighted by Gasteiger charge is 2.45. The number of phenolic OH excluding ortho intramolecular Hbond substituents is 2. The van der Waals surface area contributed by atoms with Gasteiger partial charge in [-0.1, -0.05) is 6.07 Å². The van der Waals surface area contributed by atoms with Gasteiger partial charge in [-0.15, -0.1) is 0 Å². The van der Waals surface area contributed by atoms with Gasteiger partial charge in [0.1, 0.15) is 31.0 Å². The fraction of sp³-hybridized carbons (Fsp3) is 0.435. The van der Waals surface area contributed by atoms with Gasteiger partial charge in [0.25, 0.3) is 0 Å². The van der Waals surface area contributed by atoms with E-state index >= 15 is 0 Å². The molecule has 12 heteroatoms. The van der Waals surface area contributed by atoms with Gasteiger partial charge in [-0.25, -0.2) is 4.79 Å². The summed E-state index contributed by atoms with van der Waals surface area (Å²) in [5.41, 5.74) is 0.609. The maximum atomic E-state index is 12.6. The van der Waals surface area contributed by atoms with Gasteiger partial charge in [0.2, 0.25) is 12.0 Å². The fourth-order valence-electron chi connectivity index (χ4n) is 3.47. The number of ether oxygens (including phenoxy) is 5. The predicted octanol–water partition coefficient (Wildman–Crippen LogP) is -0.307. The Hall–Kier alpha value is -3.29. The van der Waals surface area contributed by atoms with E-state index in [2.05, 4.69) is 0 Å². The molecule has 0 amide bonds. The first-order chi connectivity index (χ1) is 16.7. The molecular weight excluding hydrogens is 468 g/mol. The number of hydrogen-bond acceptors (Lipinski definition) is 12. The van der Waals surface area contributed by atoms with Crippen LogP contribution in [0.3, 0.4) is 0 Å². The van der Waals surface area contributed by atoms with Crippen molar-refractivity contribution in [3.8, 4) is 28.7 Å². The minimum atomic E-state index is -1.71. The topological polar surface area (TPSA) is 185 Å². The molecule has 0 radical (unpaired) electrons. The maximum Gasteiger partial charge on any atom is 0.338 e. The maximum absolute atomic E-state index is 12.6. The molecule has 12 nitrogen and oxygen atoms in total. The van der Waals surface area contributed by atoms with Gasteiger partial charge >= 0.3 is 5.97 Å². The average Bonchev–Trinajstić information content (AvgIpc) is 2.85. The van der Waals surface area contributed by atoms with Crippen LogP contribution in [-0.4, -0.2) is 94.7 Å². The zero-order chi connectivity index (χ0) is 25.7. The number of benzene rings is 2. The highest BCUT2D eigenvalue weighted by molar-refractivity contribution is 5.91. The van der Waals surface area contributed by atoms with Crippen LogP contribution in [0.2, 0.25) is 0 Å². The minimum Gasteiger partial charge on any atom is -0.504 e. The van der Waals surface area contributed by atoms with Crippen LogP contribution in [0.4, 0.5) is 0 Å². The highest BCUT2D eigenvalue weighted by atomic mass is 16.7. The molecule has 1 heterocycles. The molecule has 1 aliphatic heterocycles. The molecule has 0 bridgehead atoms. The summed E-state index contributed by atoms with van der Waals surface area (Å²) in [7, 11) is 2.58. The summed E-state index contributed by atoms with van der Waals surface area (Å²) in [4.78, 5) is 12.6. The van der Waals surface area contributed by atoms with E-state index in [-0.39, 0.29) is 47.3 Å². The van der Waals surface area contributed by atoms with E-state index < -0.39 is 43.3 Å². The summed E-state index contributed by atoms with van der Waals surface area (Å²) < 4.78 is 26.3. The summed E-state index contributed by atoms with van der Waals surface area (Å²) in [6, 6.07) is 6.79. The average molecular weight is 496 g/mol. The summed E-state index contributed by atoms with van der Waals surface area (Å²) in [5, 5.41) is 60.0. The van der Waals surface area contributed by atoms with Crippen LogP contribution >= 0.6 is 0 Å². The second-order valence-corrected chi connectivity index (χ2v) is 7.74. The summed E-state index contributed by atoms with van der Waals surface area (Å²) in [5.74, 6) is -1.59. The zero-order valence-corrected chi connectivity index (χ0v) is 19.0. The van der Waals surface area contributed by atoms with Gasteiger partial charge in [-0.2, -0.15) is 0 Å². The van der Waals surface area contributed by atoms with Gasteiger partial charge < -0.3 is 54.3 Å². The van der Waals surface area contributed by atoms with Crippen molar-refractivity contribution in [3.05, 3.63) is 41.5 Å². The lowest BCUT2D eigenvalue weighted by atomic mass is 9.99. The number of aliphatic hydroxyl groups excluding tert-OH is 4. The molecule has 5 atom stereocenters. The van der Waals surface area contributed by atoms with E-state index in [9.17, 15) is 30.3 Å². The molecule has 0 aliphatic carbocycles. The molecule has 5 unspecified atom stereocenters. The standard InChI is InChI=1S/C23H28O12/c1-31-15-8-12(9-16(32-2)18(15)26)22(30)33-10-17-19(27)20(28)21(29)23(35-17)34-14-7-11(5-6-24)3-4-13(14)25/h3-4,7-9,17,19-21,23-29H,5-6,10H2,1-2H3. The number of rotatable bonds is 9. The van der Waals surface area contributed by atoms with Gasteiger partial charge in [0, 0.05) is 6.61 Å². The molecule has 1 fully saturated rings. The number of esters is 1. The van der Waals surface area contributed by atoms with Crippen LogP contribution in [0.15, 0.2) is 30.3 Å². The van der Waals surface area contributed by atoms with Crippen molar-refractivity contribution < 1.29 is 59.1 Å². The molecule has 6 N–H and O–H groups in total. The summed E-state index contributed by atoms with van der Waals surface area (Å²) in [6.45, 7) is -0.671. The van der Waals surface area contributed by atoms with E-state index in [1.165, 1.54) is 38.5 Å². The monoisotopic (exact) mass is 496 g/mol. The third-order valence-corrected chi connectivity index (χ3v) is 5.43. The number of carbonyl (C=O) groups is 1. The molecule has 3 rings (SSSR count). The van der Waals surface area contributed by atoms with Crippen molar-refractivity contribution in [2.75, 3.05) is 27.4 Å². The Kier molecular flexibility index (Phi) is 8.59. The van der Waals surface area contributed by atoms with Gasteiger partial charge in [0.05, 0.1) is 19.8 Å². The number of phenols is 2. The largest absolute Gasteiger partial charge is 0.504 e. The first-order valence-corrected chi connectivity index (χ1v) is 10.6. The Morgan fingerprint density at radius 1 is 0.943 bits per heavy atom. The predicted molar refractivity (Wildman–Crippen MR) is 118 cm³/mol. The molecule has 0 spiro atoms. The molecule has 1 saturated heterocycles. The Morgan fingerprint density at radius 3 is 2.20 bits per heavy atom. The third kappa shape index (κ3) is 5.86. The molecule has 2 aromatic carbocycles. The molecule has 2 aromatic rings. The molecule has 35 heavy (non-hydrogen) atoms. The van der Waals surface area contributed by atoms with E-state index in [1.54, 1.807) is 6.07 Å². The Labute approximate surface area is 200 Å². The fourth-order valence-corrected chi connectivity index (χ4v) is 3.47. The van der Waals surface area contributed by atoms with Crippen molar-refractivity contribution in [1.82, 2.24) is 0 Å². The highest BCUT2D eigenvalue weighted by Crippen LogP contribution is 2.37. The minimum absolute atomic E-state index is 0.0270. The smallest absolute Gasteiger partial charge is 0.338 e. The SMILES string of the molecule is COc1cc(C(=O)OCC2OC(Oc3cc(CCO)ccc3O)C(O)C(O)C2O)cc(OC)c1O. The van der Waals surface area contributed by atoms with Crippen LogP contribution in [0, 0.1) is 0 Å². The number of carbonyl (C=O) groups excluding carboxylic acids is 1. The third-order valence-electron chi connectivity index (χ3n) is 5.43. The van der Waals surface area contributed by atoms with Crippen LogP contribution in [0.1, 0.15) is 15.9 Å². The first-order valence-electron chi connectivity index (χ1n) is 10.6. The number of hydrogen-bond donors (Lipinski definition) is 6. The van der Waals surface area contributed by atoms with E-state index in [0.29, 0.717) is 5.56 Å². The van der Waals surface area contributed by atoms with Crippen molar-refractivity contribution in [1.29, 1.82) is 0 Å². The molecule has 0 aromatic heterocycles. The molecule has 0 saturated carbocycles. The lowest BCUT2D eigenvalue weighted by Crippen LogP contribution is -2.60. The summed E-state index contributed by atoms with van der Waals surface area (Å²) in [6.07, 6.45) is -7.57. The molecular formula is C23H28O12. The normalized spacial score (nSPS) is 24.0. The number of methoxy groups -OCH3 is 2. The quantitative estimate of drug-likeness (QED) is 0.249. The van der Waals surface area contributed by atoms with Crippen LogP contribution in [0.25, 0.3) is 0 Å². The molecule has 192 valence electrons. The Balaban J connectivity index is 1.72. The van der Waals surface area contributed by atoms with Crippen LogP contribution in [-0.2, 0) is 15.9 Å². The van der Waals surface area contributed by atoms with Crippen molar-refractivity contribution in [3.63, 3.8) is 0 Å². The number of aliphatic hydroxyl groups is 4. The molecule has 1 aliphatic rings. The second-order valence-electron chi connectivity index (χ2n) is 7.74. The second kappa shape index (κ2) is 11.4. The zero-order valence-electron chi connectivity index (χ0n) is 19.0. The van der Waals surface area contributed by atoms with Gasteiger partial charge in [-0.05, 0) is 36.2 Å². The number of aromatic hydroxyl groups is 2. The van der Waals surface area contributed by atoms with E-state index in [1.807, 2.05) is 0 Å². The van der Waals surface area contributed by atoms with Gasteiger partial charge in [-0.3, -0.25) is 0 Å². The van der Waals surface area contributed by atoms with Crippen LogP contribution < -0.4 is 14.2 Å². The van der Waals surface area contributed by atoms with Crippen molar-refractivity contribution >= 4 is 5.97 Å². The van der Waals surface area contributed by atoms with E-state index in [0.717, 1.165) is 0 Å². The van der Waals surface area contributed by atoms with Crippen molar-refractivity contribution in [2.24, 2.45) is 0 Å². The van der Waals surface area contributed by atoms with E-state index in [4.69, 9.17) is 28.8 Å². The first kappa shape index (κ1) is 26.3. The van der Waals surface area contributed by atoms with Gasteiger partial charge in [0.15, 0.2) is 23.0 Å². The Morgan fingerprint density at radius 2 is 1.60 bits per heavy atom. The van der Waals surface area contributed by atoms with Crippen molar-refractivity contribution in [2.45, 2.75) is 37.1 Å². The summed E-state index contributed by atoms with van der Waals surface area (Å²) >= 11 is 0. The van der Waals surface area contributed by atoms with Crippen LogP contribution in [0.5, 0.6) is 28.7 Å². The lowest BCUT2D eigenvalue weighted by molar-refractivity contribution is -0.277.